The molecule has 0 fully saturated rings. The molecule has 0 spiro atoms. The number of para-hydroxylation sites is 1. The van der Waals surface area contributed by atoms with E-state index in [0.717, 1.165) is 5.57 Å². The van der Waals surface area contributed by atoms with Crippen LogP contribution in [0.15, 0.2) is 69.9 Å². The molecule has 2 aromatic carbocycles. The molecular formula is C22H18N2O5. The molecule has 3 aromatic rings. The van der Waals surface area contributed by atoms with Crippen molar-refractivity contribution in [3.8, 4) is 5.75 Å². The lowest BCUT2D eigenvalue weighted by Gasteiger charge is -2.29. The molecule has 1 aliphatic rings. The standard InChI is InChI=1S/C22H18N2O5/c1-13(2)11-24-17-8-7-15(10-19(17)28-12-20(24)25)23-21(26)16-9-14-5-3-4-6-18(14)29-22(16)27/h3-10H,1,11-12H2,2H3,(H,23,26). The summed E-state index contributed by atoms with van der Waals surface area (Å²) in [6, 6.07) is 13.4. The Kier molecular flexibility index (Phi) is 4.64. The Bertz CT molecular complexity index is 1210. The van der Waals surface area contributed by atoms with Gasteiger partial charge in [-0.2, -0.15) is 0 Å². The van der Waals surface area contributed by atoms with E-state index in [1.54, 1.807) is 47.4 Å². The maximum absolute atomic E-state index is 12.6. The number of fused-ring (bicyclic) bond motifs is 2. The Morgan fingerprint density at radius 1 is 1.17 bits per heavy atom. The molecule has 1 aliphatic heterocycles. The van der Waals surface area contributed by atoms with E-state index in [4.69, 9.17) is 9.15 Å². The maximum Gasteiger partial charge on any atom is 0.349 e. The summed E-state index contributed by atoms with van der Waals surface area (Å²) in [7, 11) is 0. The second-order valence-electron chi connectivity index (χ2n) is 6.85. The monoisotopic (exact) mass is 390 g/mol. The molecule has 4 rings (SSSR count). The summed E-state index contributed by atoms with van der Waals surface area (Å²) in [5.41, 5.74) is 1.48. The van der Waals surface area contributed by atoms with Crippen molar-refractivity contribution in [1.29, 1.82) is 0 Å². The number of benzene rings is 2. The van der Waals surface area contributed by atoms with Gasteiger partial charge in [0, 0.05) is 23.7 Å². The Balaban J connectivity index is 1.61. The van der Waals surface area contributed by atoms with Gasteiger partial charge in [-0.15, -0.1) is 0 Å². The van der Waals surface area contributed by atoms with Crippen molar-refractivity contribution < 1.29 is 18.7 Å². The van der Waals surface area contributed by atoms with E-state index in [1.807, 2.05) is 6.92 Å². The number of hydrogen-bond donors (Lipinski definition) is 1. The highest BCUT2D eigenvalue weighted by Gasteiger charge is 2.26. The highest BCUT2D eigenvalue weighted by atomic mass is 16.5. The molecule has 7 nitrogen and oxygen atoms in total. The van der Waals surface area contributed by atoms with Crippen LogP contribution in [0.4, 0.5) is 11.4 Å². The first-order valence-corrected chi connectivity index (χ1v) is 8.98. The van der Waals surface area contributed by atoms with Gasteiger partial charge in [-0.25, -0.2) is 4.79 Å². The molecule has 146 valence electrons. The van der Waals surface area contributed by atoms with Gasteiger partial charge in [0.15, 0.2) is 6.61 Å². The molecule has 0 unspecified atom stereocenters. The van der Waals surface area contributed by atoms with Crippen LogP contribution in [0, 0.1) is 0 Å². The first kappa shape index (κ1) is 18.5. The van der Waals surface area contributed by atoms with Crippen LogP contribution in [-0.2, 0) is 4.79 Å². The summed E-state index contributed by atoms with van der Waals surface area (Å²) in [4.78, 5) is 38.5. The fourth-order valence-corrected chi connectivity index (χ4v) is 3.14. The summed E-state index contributed by atoms with van der Waals surface area (Å²) in [5.74, 6) is -0.282. The number of carbonyl (C=O) groups excluding carboxylic acids is 2. The number of nitrogens with zero attached hydrogens (tertiary/aromatic N) is 1. The summed E-state index contributed by atoms with van der Waals surface area (Å²) in [6.45, 7) is 5.98. The molecule has 29 heavy (non-hydrogen) atoms. The van der Waals surface area contributed by atoms with Gasteiger partial charge in [-0.05, 0) is 31.2 Å². The molecule has 1 aromatic heterocycles. The maximum atomic E-state index is 12.6. The van der Waals surface area contributed by atoms with Crippen molar-refractivity contribution in [3.05, 3.63) is 76.7 Å². The number of anilines is 2. The van der Waals surface area contributed by atoms with Crippen LogP contribution in [-0.4, -0.2) is 25.0 Å². The average Bonchev–Trinajstić information content (AvgIpc) is 2.69. The van der Waals surface area contributed by atoms with E-state index < -0.39 is 11.5 Å². The van der Waals surface area contributed by atoms with Gasteiger partial charge in [0.25, 0.3) is 11.8 Å². The third-order valence-electron chi connectivity index (χ3n) is 4.47. The zero-order valence-electron chi connectivity index (χ0n) is 15.7. The smallest absolute Gasteiger partial charge is 0.349 e. The van der Waals surface area contributed by atoms with E-state index in [1.165, 1.54) is 6.07 Å². The van der Waals surface area contributed by atoms with Crippen LogP contribution < -0.4 is 20.6 Å². The third kappa shape index (κ3) is 3.62. The van der Waals surface area contributed by atoms with Crippen molar-refractivity contribution in [2.24, 2.45) is 0 Å². The Morgan fingerprint density at radius 3 is 2.76 bits per heavy atom. The second kappa shape index (κ2) is 7.27. The van der Waals surface area contributed by atoms with Gasteiger partial charge in [-0.1, -0.05) is 30.4 Å². The first-order chi connectivity index (χ1) is 13.9. The van der Waals surface area contributed by atoms with Crippen LogP contribution in [0.5, 0.6) is 5.75 Å². The van der Waals surface area contributed by atoms with Gasteiger partial charge in [0.2, 0.25) is 0 Å². The number of hydrogen-bond acceptors (Lipinski definition) is 5. The van der Waals surface area contributed by atoms with Crippen molar-refractivity contribution in [2.75, 3.05) is 23.4 Å². The van der Waals surface area contributed by atoms with E-state index in [-0.39, 0.29) is 18.1 Å². The Labute approximate surface area is 166 Å². The molecule has 7 heteroatoms. The van der Waals surface area contributed by atoms with Gasteiger partial charge >= 0.3 is 5.63 Å². The quantitative estimate of drug-likeness (QED) is 0.545. The van der Waals surface area contributed by atoms with Crippen molar-refractivity contribution in [3.63, 3.8) is 0 Å². The zero-order chi connectivity index (χ0) is 20.5. The molecule has 0 radical (unpaired) electrons. The summed E-state index contributed by atoms with van der Waals surface area (Å²) in [5, 5.41) is 3.33. The number of carbonyl (C=O) groups is 2. The summed E-state index contributed by atoms with van der Waals surface area (Å²) in [6.07, 6.45) is 0. The first-order valence-electron chi connectivity index (χ1n) is 8.98. The van der Waals surface area contributed by atoms with E-state index >= 15 is 0 Å². The van der Waals surface area contributed by atoms with E-state index in [9.17, 15) is 14.4 Å². The minimum Gasteiger partial charge on any atom is -0.481 e. The predicted molar refractivity (Wildman–Crippen MR) is 110 cm³/mol. The van der Waals surface area contributed by atoms with Crippen LogP contribution in [0.1, 0.15) is 17.3 Å². The number of ether oxygens (including phenoxy) is 1. The summed E-state index contributed by atoms with van der Waals surface area (Å²) < 4.78 is 10.7. The lowest BCUT2D eigenvalue weighted by atomic mass is 10.1. The normalized spacial score (nSPS) is 13.0. The molecule has 0 saturated heterocycles. The highest BCUT2D eigenvalue weighted by molar-refractivity contribution is 6.06. The van der Waals surface area contributed by atoms with Gasteiger partial charge in [0.1, 0.15) is 16.9 Å². The van der Waals surface area contributed by atoms with Crippen LogP contribution in [0.2, 0.25) is 0 Å². The van der Waals surface area contributed by atoms with E-state index in [0.29, 0.717) is 34.6 Å². The summed E-state index contributed by atoms with van der Waals surface area (Å²) >= 11 is 0. The molecule has 2 amide bonds. The fraction of sp³-hybridized carbons (Fsp3) is 0.136. The fourth-order valence-electron chi connectivity index (χ4n) is 3.14. The minimum atomic E-state index is -0.714. The van der Waals surface area contributed by atoms with Crippen molar-refractivity contribution in [2.45, 2.75) is 6.92 Å². The van der Waals surface area contributed by atoms with Gasteiger partial charge in [0.05, 0.1) is 5.69 Å². The van der Waals surface area contributed by atoms with E-state index in [2.05, 4.69) is 11.9 Å². The average molecular weight is 390 g/mol. The van der Waals surface area contributed by atoms with Crippen LogP contribution in [0.25, 0.3) is 11.0 Å². The molecule has 0 bridgehead atoms. The lowest BCUT2D eigenvalue weighted by molar-refractivity contribution is -0.121. The Hall–Kier alpha value is -3.87. The highest BCUT2D eigenvalue weighted by Crippen LogP contribution is 2.35. The molecule has 0 aliphatic carbocycles. The topological polar surface area (TPSA) is 88.8 Å². The van der Waals surface area contributed by atoms with Crippen molar-refractivity contribution in [1.82, 2.24) is 0 Å². The van der Waals surface area contributed by atoms with Crippen LogP contribution >= 0.6 is 0 Å². The van der Waals surface area contributed by atoms with Crippen LogP contribution in [0.3, 0.4) is 0 Å². The molecule has 1 N–H and O–H groups in total. The Morgan fingerprint density at radius 2 is 1.97 bits per heavy atom. The largest absolute Gasteiger partial charge is 0.481 e. The van der Waals surface area contributed by atoms with Crippen molar-refractivity contribution >= 4 is 34.2 Å². The number of rotatable bonds is 4. The number of amides is 2. The third-order valence-corrected chi connectivity index (χ3v) is 4.47. The molecular weight excluding hydrogens is 372 g/mol. The lowest BCUT2D eigenvalue weighted by Crippen LogP contribution is -2.39. The van der Waals surface area contributed by atoms with Gasteiger partial charge in [-0.3, -0.25) is 9.59 Å². The SMILES string of the molecule is C=C(C)CN1C(=O)COc2cc(NC(=O)c3cc4ccccc4oc3=O)ccc21. The van der Waals surface area contributed by atoms with Gasteiger partial charge < -0.3 is 19.4 Å². The number of nitrogens with one attached hydrogen (secondary N) is 1. The second-order valence-corrected chi connectivity index (χ2v) is 6.85. The molecule has 2 heterocycles. The zero-order valence-corrected chi connectivity index (χ0v) is 15.7. The minimum absolute atomic E-state index is 0.0913. The predicted octanol–water partition coefficient (Wildman–Crippen LogP) is 3.35. The molecule has 0 atom stereocenters. The molecule has 0 saturated carbocycles.